The van der Waals surface area contributed by atoms with Crippen molar-refractivity contribution in [3.63, 3.8) is 0 Å². The first-order valence-corrected chi connectivity index (χ1v) is 3.87. The molecule has 0 bridgehead atoms. The predicted octanol–water partition coefficient (Wildman–Crippen LogP) is 2.64. The fourth-order valence-corrected chi connectivity index (χ4v) is 1.85. The minimum absolute atomic E-state index is 0.774. The Morgan fingerprint density at radius 3 is 2.00 bits per heavy atom. The van der Waals surface area contributed by atoms with Gasteiger partial charge in [-0.1, -0.05) is 18.2 Å². The van der Waals surface area contributed by atoms with Crippen LogP contribution >= 0.6 is 0 Å². The Labute approximate surface area is 70.2 Å². The average Bonchev–Trinajstić information content (AvgIpc) is 2.60. The Bertz CT molecular complexity index is 455. The monoisotopic (exact) mass is 151 g/mol. The van der Waals surface area contributed by atoms with Gasteiger partial charge in [-0.3, -0.25) is 0 Å². The lowest BCUT2D eigenvalue weighted by atomic mass is 9.88. The molecule has 0 spiro atoms. The summed E-state index contributed by atoms with van der Waals surface area (Å²) in [7, 11) is 0. The Morgan fingerprint density at radius 2 is 1.50 bits per heavy atom. The van der Waals surface area contributed by atoms with Crippen LogP contribution in [-0.4, -0.2) is 0 Å². The fourth-order valence-electron chi connectivity index (χ4n) is 1.85. The lowest BCUT2D eigenvalue weighted by Crippen LogP contribution is -1.87. The van der Waals surface area contributed by atoms with Gasteiger partial charge >= 0.3 is 0 Å². The van der Waals surface area contributed by atoms with Gasteiger partial charge in [-0.15, -0.1) is 0 Å². The summed E-state index contributed by atoms with van der Waals surface area (Å²) in [6, 6.07) is 12.3. The number of rotatable bonds is 0. The summed E-state index contributed by atoms with van der Waals surface area (Å²) in [5.74, 6) is 0. The summed E-state index contributed by atoms with van der Waals surface area (Å²) in [6.07, 6.45) is 0. The second-order valence-corrected chi connectivity index (χ2v) is 3.04. The zero-order valence-electron chi connectivity index (χ0n) is 6.33. The molecule has 1 nitrogen and oxygen atoms in total. The van der Waals surface area contributed by atoms with Crippen LogP contribution in [0.15, 0.2) is 30.3 Å². The summed E-state index contributed by atoms with van der Waals surface area (Å²) in [5, 5.41) is 8.67. The highest BCUT2D eigenvalue weighted by molar-refractivity contribution is 6.04. The predicted molar refractivity (Wildman–Crippen MR) is 46.8 cm³/mol. The molecule has 3 aliphatic rings. The van der Waals surface area contributed by atoms with E-state index in [0.717, 1.165) is 5.56 Å². The third kappa shape index (κ3) is 0.465. The molecule has 3 aliphatic carbocycles. The van der Waals surface area contributed by atoms with Gasteiger partial charge in [-0.25, -0.2) is 0 Å². The SMILES string of the molecule is N#Cc1cc2c3cccc-3c-2c1. The van der Waals surface area contributed by atoms with Gasteiger partial charge < -0.3 is 0 Å². The minimum atomic E-state index is 0.774. The van der Waals surface area contributed by atoms with Crippen LogP contribution in [0.5, 0.6) is 0 Å². The van der Waals surface area contributed by atoms with Crippen LogP contribution in [0.2, 0.25) is 0 Å². The summed E-state index contributed by atoms with van der Waals surface area (Å²) in [5.41, 5.74) is 5.85. The lowest BCUT2D eigenvalue weighted by Gasteiger charge is -2.14. The van der Waals surface area contributed by atoms with E-state index in [9.17, 15) is 0 Å². The average molecular weight is 151 g/mol. The van der Waals surface area contributed by atoms with Gasteiger partial charge in [0.1, 0.15) is 0 Å². The fraction of sp³-hybridized carbons (Fsp3) is 0. The van der Waals surface area contributed by atoms with E-state index in [1.54, 1.807) is 0 Å². The van der Waals surface area contributed by atoms with Crippen LogP contribution in [-0.2, 0) is 0 Å². The second kappa shape index (κ2) is 1.67. The van der Waals surface area contributed by atoms with E-state index in [1.807, 2.05) is 12.1 Å². The first-order valence-electron chi connectivity index (χ1n) is 3.87. The van der Waals surface area contributed by atoms with Crippen molar-refractivity contribution >= 4 is 0 Å². The van der Waals surface area contributed by atoms with Crippen molar-refractivity contribution in [2.75, 3.05) is 0 Å². The van der Waals surface area contributed by atoms with Gasteiger partial charge in [0, 0.05) is 0 Å². The van der Waals surface area contributed by atoms with Gasteiger partial charge in [0.05, 0.1) is 11.6 Å². The summed E-state index contributed by atoms with van der Waals surface area (Å²) in [6.45, 7) is 0. The maximum atomic E-state index is 8.67. The topological polar surface area (TPSA) is 23.8 Å². The first-order chi connectivity index (χ1) is 5.90. The number of hydrogen-bond acceptors (Lipinski definition) is 1. The lowest BCUT2D eigenvalue weighted by molar-refractivity contribution is 1.51. The van der Waals surface area contributed by atoms with E-state index in [2.05, 4.69) is 24.3 Å². The third-order valence-corrected chi connectivity index (χ3v) is 2.42. The van der Waals surface area contributed by atoms with E-state index in [-0.39, 0.29) is 0 Å². The molecule has 0 aromatic heterocycles. The van der Waals surface area contributed by atoms with Crippen LogP contribution in [0.3, 0.4) is 0 Å². The quantitative estimate of drug-likeness (QED) is 0.484. The van der Waals surface area contributed by atoms with Gasteiger partial charge in [0.25, 0.3) is 0 Å². The molecule has 0 radical (unpaired) electrons. The van der Waals surface area contributed by atoms with Crippen molar-refractivity contribution in [3.8, 4) is 28.3 Å². The Balaban J connectivity index is 2.40. The van der Waals surface area contributed by atoms with Gasteiger partial charge in [0.2, 0.25) is 0 Å². The number of nitrogens with zero attached hydrogens (tertiary/aromatic N) is 1. The number of nitriles is 1. The van der Waals surface area contributed by atoms with E-state index < -0.39 is 0 Å². The molecule has 0 N–H and O–H groups in total. The largest absolute Gasteiger partial charge is 0.192 e. The molecule has 0 saturated carbocycles. The van der Waals surface area contributed by atoms with Crippen molar-refractivity contribution in [2.45, 2.75) is 0 Å². The Kier molecular flexibility index (Phi) is 0.808. The summed E-state index contributed by atoms with van der Waals surface area (Å²) >= 11 is 0. The molecule has 1 heteroatoms. The molecule has 0 unspecified atom stereocenters. The highest BCUT2D eigenvalue weighted by Crippen LogP contribution is 2.49. The molecule has 0 aromatic rings. The van der Waals surface area contributed by atoms with Crippen LogP contribution in [0.1, 0.15) is 5.56 Å². The van der Waals surface area contributed by atoms with Gasteiger partial charge in [0.15, 0.2) is 0 Å². The van der Waals surface area contributed by atoms with Crippen molar-refractivity contribution < 1.29 is 0 Å². The smallest absolute Gasteiger partial charge is 0.0992 e. The summed E-state index contributed by atoms with van der Waals surface area (Å²) < 4.78 is 0. The van der Waals surface area contributed by atoms with Gasteiger partial charge in [-0.2, -0.15) is 5.26 Å². The number of fused-ring (bicyclic) bond motifs is 4. The molecule has 0 atom stereocenters. The molecule has 0 heterocycles. The molecule has 3 rings (SSSR count). The minimum Gasteiger partial charge on any atom is -0.192 e. The zero-order chi connectivity index (χ0) is 8.13. The zero-order valence-corrected chi connectivity index (χ0v) is 6.33. The van der Waals surface area contributed by atoms with Crippen molar-refractivity contribution in [1.82, 2.24) is 0 Å². The van der Waals surface area contributed by atoms with Crippen molar-refractivity contribution in [1.29, 1.82) is 5.26 Å². The molecule has 0 aromatic carbocycles. The summed E-state index contributed by atoms with van der Waals surface area (Å²) in [4.78, 5) is 0. The Morgan fingerprint density at radius 1 is 0.917 bits per heavy atom. The van der Waals surface area contributed by atoms with E-state index in [4.69, 9.17) is 5.26 Å². The van der Waals surface area contributed by atoms with Crippen LogP contribution in [0, 0.1) is 11.3 Å². The standard InChI is InChI=1S/C11H5N/c12-6-7-4-10-8-2-1-3-9(8)11(10)5-7/h1-5H. The molecule has 0 saturated heterocycles. The van der Waals surface area contributed by atoms with E-state index in [1.165, 1.54) is 22.3 Å². The molecular formula is C11H5N. The first kappa shape index (κ1) is 5.79. The van der Waals surface area contributed by atoms with E-state index in [0.29, 0.717) is 0 Å². The highest BCUT2D eigenvalue weighted by atomic mass is 14.3. The van der Waals surface area contributed by atoms with Crippen LogP contribution in [0.4, 0.5) is 0 Å². The van der Waals surface area contributed by atoms with Gasteiger partial charge in [-0.05, 0) is 34.4 Å². The highest BCUT2D eigenvalue weighted by Gasteiger charge is 2.24. The Hall–Kier alpha value is -1.81. The third-order valence-electron chi connectivity index (χ3n) is 2.42. The molecule has 0 fully saturated rings. The molecular weight excluding hydrogens is 146 g/mol. The number of hydrogen-bond donors (Lipinski definition) is 0. The second-order valence-electron chi connectivity index (χ2n) is 3.04. The maximum Gasteiger partial charge on any atom is 0.0992 e. The van der Waals surface area contributed by atoms with Crippen LogP contribution < -0.4 is 0 Å². The maximum absolute atomic E-state index is 8.67. The molecule has 12 heavy (non-hydrogen) atoms. The molecule has 0 amide bonds. The normalized spacial score (nSPS) is 11.2. The van der Waals surface area contributed by atoms with Crippen molar-refractivity contribution in [3.05, 3.63) is 35.9 Å². The van der Waals surface area contributed by atoms with Crippen molar-refractivity contribution in [2.24, 2.45) is 0 Å². The van der Waals surface area contributed by atoms with E-state index >= 15 is 0 Å². The van der Waals surface area contributed by atoms with Crippen LogP contribution in [0.25, 0.3) is 22.3 Å². The molecule has 0 aliphatic heterocycles. The molecule has 54 valence electrons.